The number of hydrogen-bond donors (Lipinski definition) is 1. The van der Waals surface area contributed by atoms with E-state index in [0.717, 1.165) is 24.5 Å². The smallest absolute Gasteiger partial charge is 0.0223 e. The molecule has 0 aromatic rings. The molecule has 0 radical (unpaired) electrons. The highest BCUT2D eigenvalue weighted by Gasteiger charge is 2.28. The first kappa shape index (κ1) is 15.0. The van der Waals surface area contributed by atoms with Crippen molar-refractivity contribution in [2.24, 2.45) is 5.92 Å². The lowest BCUT2D eigenvalue weighted by Crippen LogP contribution is -2.51. The summed E-state index contributed by atoms with van der Waals surface area (Å²) in [6.45, 7) is 13.0. The normalized spacial score (nSPS) is 28.2. The van der Waals surface area contributed by atoms with Gasteiger partial charge in [0.2, 0.25) is 0 Å². The molecule has 0 saturated carbocycles. The minimum Gasteiger partial charge on any atom is -0.315 e. The summed E-state index contributed by atoms with van der Waals surface area (Å²) < 4.78 is 0. The van der Waals surface area contributed by atoms with Crippen LogP contribution in [0.2, 0.25) is 0 Å². The van der Waals surface area contributed by atoms with Crippen molar-refractivity contribution in [2.45, 2.75) is 71.9 Å². The summed E-state index contributed by atoms with van der Waals surface area (Å²) in [6.07, 6.45) is 6.68. The third kappa shape index (κ3) is 4.97. The second-order valence-corrected chi connectivity index (χ2v) is 5.87. The van der Waals surface area contributed by atoms with Gasteiger partial charge in [0.15, 0.2) is 0 Å². The predicted molar refractivity (Wildman–Crippen MR) is 76.4 cm³/mol. The molecule has 0 aromatic heterocycles. The third-order valence-corrected chi connectivity index (χ3v) is 4.06. The highest BCUT2D eigenvalue weighted by Crippen LogP contribution is 2.24. The van der Waals surface area contributed by atoms with E-state index in [1.807, 2.05) is 0 Å². The predicted octanol–water partition coefficient (Wildman–Crippen LogP) is 3.28. The first-order valence-electron chi connectivity index (χ1n) is 7.65. The summed E-state index contributed by atoms with van der Waals surface area (Å²) in [5.41, 5.74) is 0. The van der Waals surface area contributed by atoms with Crippen LogP contribution < -0.4 is 5.32 Å². The maximum Gasteiger partial charge on any atom is 0.0223 e. The highest BCUT2D eigenvalue weighted by molar-refractivity contribution is 4.84. The van der Waals surface area contributed by atoms with Gasteiger partial charge >= 0.3 is 0 Å². The lowest BCUT2D eigenvalue weighted by atomic mass is 9.92. The van der Waals surface area contributed by atoms with Gasteiger partial charge in [0.1, 0.15) is 0 Å². The highest BCUT2D eigenvalue weighted by atomic mass is 15.2. The number of rotatable bonds is 7. The summed E-state index contributed by atoms with van der Waals surface area (Å²) in [4.78, 5) is 2.76. The first-order chi connectivity index (χ1) is 8.19. The van der Waals surface area contributed by atoms with E-state index in [4.69, 9.17) is 0 Å². The fourth-order valence-electron chi connectivity index (χ4n) is 3.00. The van der Waals surface area contributed by atoms with Crippen LogP contribution in [0.1, 0.15) is 59.8 Å². The van der Waals surface area contributed by atoms with E-state index in [1.54, 1.807) is 0 Å². The van der Waals surface area contributed by atoms with Crippen LogP contribution in [-0.2, 0) is 0 Å². The SMILES string of the molecule is CCCNCC(CCC)N1CC(C)CCC1C. The van der Waals surface area contributed by atoms with E-state index < -0.39 is 0 Å². The van der Waals surface area contributed by atoms with Gasteiger partial charge in [-0.2, -0.15) is 0 Å². The number of nitrogens with zero attached hydrogens (tertiary/aromatic N) is 1. The van der Waals surface area contributed by atoms with Crippen molar-refractivity contribution in [3.63, 3.8) is 0 Å². The van der Waals surface area contributed by atoms with E-state index >= 15 is 0 Å². The number of nitrogens with one attached hydrogen (secondary N) is 1. The second-order valence-electron chi connectivity index (χ2n) is 5.87. The Morgan fingerprint density at radius 3 is 2.59 bits per heavy atom. The molecule has 0 amide bonds. The third-order valence-electron chi connectivity index (χ3n) is 4.06. The Hall–Kier alpha value is -0.0800. The monoisotopic (exact) mass is 240 g/mol. The Morgan fingerprint density at radius 1 is 1.18 bits per heavy atom. The molecule has 17 heavy (non-hydrogen) atoms. The topological polar surface area (TPSA) is 15.3 Å². The van der Waals surface area contributed by atoms with Crippen LogP contribution in [0.25, 0.3) is 0 Å². The molecule has 0 aromatic carbocycles. The van der Waals surface area contributed by atoms with Crippen molar-refractivity contribution in [3.05, 3.63) is 0 Å². The van der Waals surface area contributed by atoms with Crippen LogP contribution in [0.15, 0.2) is 0 Å². The Labute approximate surface area is 108 Å². The van der Waals surface area contributed by atoms with Crippen molar-refractivity contribution in [3.8, 4) is 0 Å². The second kappa shape index (κ2) is 8.10. The van der Waals surface area contributed by atoms with Crippen LogP contribution in [-0.4, -0.2) is 36.6 Å². The molecule has 1 N–H and O–H groups in total. The van der Waals surface area contributed by atoms with E-state index in [-0.39, 0.29) is 0 Å². The van der Waals surface area contributed by atoms with Crippen molar-refractivity contribution in [2.75, 3.05) is 19.6 Å². The first-order valence-corrected chi connectivity index (χ1v) is 7.65. The standard InChI is InChI=1S/C15H32N2/c1-5-7-15(11-16-10-6-2)17-12-13(3)8-9-14(17)4/h13-16H,5-12H2,1-4H3. The van der Waals surface area contributed by atoms with Crippen LogP contribution in [0.4, 0.5) is 0 Å². The minimum absolute atomic E-state index is 0.754. The Bertz CT molecular complexity index is 193. The summed E-state index contributed by atoms with van der Waals surface area (Å²) in [6, 6.07) is 1.54. The molecule has 2 nitrogen and oxygen atoms in total. The summed E-state index contributed by atoms with van der Waals surface area (Å²) in [7, 11) is 0. The molecule has 3 unspecified atom stereocenters. The van der Waals surface area contributed by atoms with Crippen LogP contribution in [0.3, 0.4) is 0 Å². The zero-order valence-electron chi connectivity index (χ0n) is 12.3. The summed E-state index contributed by atoms with van der Waals surface area (Å²) >= 11 is 0. The van der Waals surface area contributed by atoms with E-state index in [9.17, 15) is 0 Å². The van der Waals surface area contributed by atoms with Gasteiger partial charge in [-0.3, -0.25) is 4.90 Å². The zero-order valence-corrected chi connectivity index (χ0v) is 12.3. The Balaban J connectivity index is 2.48. The van der Waals surface area contributed by atoms with E-state index in [0.29, 0.717) is 0 Å². The molecule has 0 bridgehead atoms. The molecule has 0 spiro atoms. The number of hydrogen-bond acceptors (Lipinski definition) is 2. The maximum atomic E-state index is 3.61. The molecule has 0 aliphatic carbocycles. The maximum absolute atomic E-state index is 3.61. The van der Waals surface area contributed by atoms with Gasteiger partial charge in [0, 0.05) is 25.2 Å². The number of likely N-dealkylation sites (tertiary alicyclic amines) is 1. The molecular weight excluding hydrogens is 208 g/mol. The Kier molecular flexibility index (Phi) is 7.14. The molecular formula is C15H32N2. The van der Waals surface area contributed by atoms with Gasteiger partial charge in [-0.1, -0.05) is 27.2 Å². The molecule has 1 rings (SSSR count). The van der Waals surface area contributed by atoms with Gasteiger partial charge in [-0.25, -0.2) is 0 Å². The van der Waals surface area contributed by atoms with Gasteiger partial charge in [-0.05, 0) is 45.1 Å². The van der Waals surface area contributed by atoms with Crippen LogP contribution in [0, 0.1) is 5.92 Å². The fourth-order valence-corrected chi connectivity index (χ4v) is 3.00. The molecule has 1 aliphatic heterocycles. The fraction of sp³-hybridized carbons (Fsp3) is 1.00. The van der Waals surface area contributed by atoms with E-state index in [1.165, 1.54) is 45.2 Å². The van der Waals surface area contributed by atoms with Gasteiger partial charge in [0.05, 0.1) is 0 Å². The van der Waals surface area contributed by atoms with Gasteiger partial charge in [-0.15, -0.1) is 0 Å². The molecule has 1 saturated heterocycles. The Morgan fingerprint density at radius 2 is 1.94 bits per heavy atom. The van der Waals surface area contributed by atoms with Gasteiger partial charge < -0.3 is 5.32 Å². The van der Waals surface area contributed by atoms with Crippen molar-refractivity contribution < 1.29 is 0 Å². The molecule has 3 atom stereocenters. The lowest BCUT2D eigenvalue weighted by molar-refractivity contribution is 0.0715. The van der Waals surface area contributed by atoms with E-state index in [2.05, 4.69) is 37.9 Å². The molecule has 2 heteroatoms. The molecule has 1 fully saturated rings. The average Bonchev–Trinajstić information content (AvgIpc) is 2.32. The molecule has 102 valence electrons. The van der Waals surface area contributed by atoms with Gasteiger partial charge in [0.25, 0.3) is 0 Å². The van der Waals surface area contributed by atoms with Crippen molar-refractivity contribution >= 4 is 0 Å². The molecule has 1 aliphatic rings. The largest absolute Gasteiger partial charge is 0.315 e. The van der Waals surface area contributed by atoms with Crippen molar-refractivity contribution in [1.82, 2.24) is 10.2 Å². The molecule has 1 heterocycles. The average molecular weight is 240 g/mol. The summed E-state index contributed by atoms with van der Waals surface area (Å²) in [5.74, 6) is 0.886. The number of piperidine rings is 1. The quantitative estimate of drug-likeness (QED) is 0.687. The van der Waals surface area contributed by atoms with Crippen molar-refractivity contribution in [1.29, 1.82) is 0 Å². The lowest BCUT2D eigenvalue weighted by Gasteiger charge is -2.42. The van der Waals surface area contributed by atoms with Crippen LogP contribution >= 0.6 is 0 Å². The summed E-state index contributed by atoms with van der Waals surface area (Å²) in [5, 5.41) is 3.61. The zero-order chi connectivity index (χ0) is 12.7. The minimum atomic E-state index is 0.754. The van der Waals surface area contributed by atoms with Crippen LogP contribution in [0.5, 0.6) is 0 Å².